The van der Waals surface area contributed by atoms with Crippen molar-refractivity contribution in [3.63, 3.8) is 0 Å². The Morgan fingerprint density at radius 3 is 2.73 bits per heavy atom. The Bertz CT molecular complexity index is 971. The normalized spacial score (nSPS) is 10.3. The highest BCUT2D eigenvalue weighted by Gasteiger charge is 2.10. The quantitative estimate of drug-likeness (QED) is 0.707. The smallest absolute Gasteiger partial charge is 0.224 e. The molecule has 0 aliphatic carbocycles. The molecule has 0 aliphatic heterocycles. The average Bonchev–Trinajstić information content (AvgIpc) is 3.10. The van der Waals surface area contributed by atoms with E-state index in [9.17, 15) is 4.79 Å². The number of hydrogen-bond donors (Lipinski definition) is 1. The molecule has 26 heavy (non-hydrogen) atoms. The summed E-state index contributed by atoms with van der Waals surface area (Å²) in [6, 6.07) is 14.7. The zero-order valence-corrected chi connectivity index (χ0v) is 14.9. The minimum absolute atomic E-state index is 0.180. The highest BCUT2D eigenvalue weighted by atomic mass is 35.5. The number of rotatable bonds is 5. The Morgan fingerprint density at radius 2 is 2.04 bits per heavy atom. The van der Waals surface area contributed by atoms with Crippen LogP contribution in [-0.4, -0.2) is 10.9 Å². The summed E-state index contributed by atoms with van der Waals surface area (Å²) in [5.74, 6) is 1.01. The molecule has 1 aromatic heterocycles. The van der Waals surface area contributed by atoms with Gasteiger partial charge in [0, 0.05) is 24.1 Å². The lowest BCUT2D eigenvalue weighted by molar-refractivity contribution is -0.116. The zero-order chi connectivity index (χ0) is 18.5. The van der Waals surface area contributed by atoms with Crippen LogP contribution in [0.2, 0.25) is 5.02 Å². The molecule has 5 nitrogen and oxygen atoms in total. The minimum Gasteiger partial charge on any atom is -0.441 e. The van der Waals surface area contributed by atoms with E-state index < -0.39 is 0 Å². The summed E-state index contributed by atoms with van der Waals surface area (Å²) in [6.07, 6.45) is 2.28. The fraction of sp³-hybridized carbons (Fsp3) is 0.150. The van der Waals surface area contributed by atoms with Crippen molar-refractivity contribution in [2.24, 2.45) is 0 Å². The summed E-state index contributed by atoms with van der Waals surface area (Å²) >= 11 is 5.96. The number of aryl methyl sites for hydroxylation is 2. The Kier molecular flexibility index (Phi) is 5.35. The zero-order valence-electron chi connectivity index (χ0n) is 14.1. The maximum atomic E-state index is 12.1. The molecule has 6 heteroatoms. The molecule has 0 saturated carbocycles. The summed E-state index contributed by atoms with van der Waals surface area (Å²) in [7, 11) is 0. The fourth-order valence-corrected chi connectivity index (χ4v) is 2.63. The van der Waals surface area contributed by atoms with Gasteiger partial charge < -0.3 is 9.73 Å². The molecular formula is C20H16ClN3O2. The van der Waals surface area contributed by atoms with E-state index in [1.165, 1.54) is 5.56 Å². The van der Waals surface area contributed by atoms with Crippen molar-refractivity contribution in [1.82, 2.24) is 4.98 Å². The van der Waals surface area contributed by atoms with E-state index >= 15 is 0 Å². The van der Waals surface area contributed by atoms with Crippen molar-refractivity contribution in [2.75, 3.05) is 5.32 Å². The number of aromatic nitrogens is 1. The Morgan fingerprint density at radius 1 is 1.27 bits per heavy atom. The maximum Gasteiger partial charge on any atom is 0.224 e. The highest BCUT2D eigenvalue weighted by molar-refractivity contribution is 6.32. The number of carbonyl (C=O) groups is 1. The predicted octanol–water partition coefficient (Wildman–Crippen LogP) is 4.75. The van der Waals surface area contributed by atoms with Gasteiger partial charge >= 0.3 is 0 Å². The third-order valence-electron chi connectivity index (χ3n) is 3.83. The first-order chi connectivity index (χ1) is 12.5. The van der Waals surface area contributed by atoms with Crippen LogP contribution in [0.15, 0.2) is 53.1 Å². The van der Waals surface area contributed by atoms with E-state index in [1.54, 1.807) is 24.4 Å². The maximum absolute atomic E-state index is 12.1. The van der Waals surface area contributed by atoms with Gasteiger partial charge in [-0.05, 0) is 25.1 Å². The number of nitrogens with one attached hydrogen (secondary N) is 1. The van der Waals surface area contributed by atoms with E-state index in [-0.39, 0.29) is 12.3 Å². The highest BCUT2D eigenvalue weighted by Crippen LogP contribution is 2.22. The molecule has 0 unspecified atom stereocenters. The standard InChI is InChI=1S/C20H16ClN3O2/c1-13-2-4-14(5-3-13)18-12-23-20(26-18)9-8-19(25)24-16-7-6-15(11-22)17(21)10-16/h2-7,10,12H,8-9H2,1H3,(H,24,25). The van der Waals surface area contributed by atoms with E-state index in [2.05, 4.69) is 10.3 Å². The van der Waals surface area contributed by atoms with Gasteiger partial charge in [0.15, 0.2) is 11.7 Å². The molecule has 0 bridgehead atoms. The van der Waals surface area contributed by atoms with Crippen molar-refractivity contribution in [2.45, 2.75) is 19.8 Å². The second-order valence-corrected chi connectivity index (χ2v) is 6.25. The van der Waals surface area contributed by atoms with E-state index in [4.69, 9.17) is 21.3 Å². The molecule has 1 N–H and O–H groups in total. The van der Waals surface area contributed by atoms with Gasteiger partial charge in [-0.1, -0.05) is 41.4 Å². The van der Waals surface area contributed by atoms with Crippen molar-refractivity contribution in [3.8, 4) is 17.4 Å². The number of carbonyl (C=O) groups excluding carboxylic acids is 1. The molecular weight excluding hydrogens is 350 g/mol. The summed E-state index contributed by atoms with van der Waals surface area (Å²) in [6.45, 7) is 2.02. The van der Waals surface area contributed by atoms with Crippen LogP contribution >= 0.6 is 11.6 Å². The van der Waals surface area contributed by atoms with Crippen LogP contribution in [0.3, 0.4) is 0 Å². The second-order valence-electron chi connectivity index (χ2n) is 5.84. The second kappa shape index (κ2) is 7.85. The lowest BCUT2D eigenvalue weighted by atomic mass is 10.1. The topological polar surface area (TPSA) is 78.9 Å². The first-order valence-corrected chi connectivity index (χ1v) is 8.44. The molecule has 1 heterocycles. The van der Waals surface area contributed by atoms with Gasteiger partial charge in [0.2, 0.25) is 5.91 Å². The molecule has 0 aliphatic rings. The molecule has 0 fully saturated rings. The number of nitriles is 1. The predicted molar refractivity (Wildman–Crippen MR) is 99.8 cm³/mol. The van der Waals surface area contributed by atoms with Gasteiger partial charge in [0.05, 0.1) is 16.8 Å². The first kappa shape index (κ1) is 17.7. The van der Waals surface area contributed by atoms with Crippen LogP contribution in [0.25, 0.3) is 11.3 Å². The SMILES string of the molecule is Cc1ccc(-c2cnc(CCC(=O)Nc3ccc(C#N)c(Cl)c3)o2)cc1. The van der Waals surface area contributed by atoms with Crippen molar-refractivity contribution < 1.29 is 9.21 Å². The van der Waals surface area contributed by atoms with Crippen LogP contribution in [0.1, 0.15) is 23.4 Å². The van der Waals surface area contributed by atoms with E-state index in [0.29, 0.717) is 34.3 Å². The molecule has 3 aromatic rings. The number of nitrogens with zero attached hydrogens (tertiary/aromatic N) is 2. The summed E-state index contributed by atoms with van der Waals surface area (Å²) in [4.78, 5) is 16.3. The number of oxazole rings is 1. The Hall–Kier alpha value is -3.10. The third-order valence-corrected chi connectivity index (χ3v) is 4.14. The number of halogens is 1. The van der Waals surface area contributed by atoms with E-state index in [1.807, 2.05) is 37.3 Å². The summed E-state index contributed by atoms with van der Waals surface area (Å²) < 4.78 is 5.71. The lowest BCUT2D eigenvalue weighted by Crippen LogP contribution is -2.12. The van der Waals surface area contributed by atoms with Gasteiger partial charge in [-0.25, -0.2) is 4.98 Å². The lowest BCUT2D eigenvalue weighted by Gasteiger charge is -2.05. The molecule has 3 rings (SSSR count). The molecule has 0 saturated heterocycles. The molecule has 2 aromatic carbocycles. The molecule has 0 spiro atoms. The summed E-state index contributed by atoms with van der Waals surface area (Å²) in [5.41, 5.74) is 3.04. The van der Waals surface area contributed by atoms with Crippen LogP contribution in [-0.2, 0) is 11.2 Å². The summed E-state index contributed by atoms with van der Waals surface area (Å²) in [5, 5.41) is 11.9. The van der Waals surface area contributed by atoms with Gasteiger partial charge in [-0.15, -0.1) is 0 Å². The first-order valence-electron chi connectivity index (χ1n) is 8.06. The van der Waals surface area contributed by atoms with Gasteiger partial charge in [0.1, 0.15) is 6.07 Å². The van der Waals surface area contributed by atoms with Crippen LogP contribution in [0.5, 0.6) is 0 Å². The van der Waals surface area contributed by atoms with Crippen molar-refractivity contribution in [1.29, 1.82) is 5.26 Å². The number of hydrogen-bond acceptors (Lipinski definition) is 4. The van der Waals surface area contributed by atoms with Crippen LogP contribution in [0, 0.1) is 18.3 Å². The van der Waals surface area contributed by atoms with Crippen molar-refractivity contribution in [3.05, 3.63) is 70.7 Å². The van der Waals surface area contributed by atoms with Gasteiger partial charge in [-0.2, -0.15) is 5.26 Å². The molecule has 0 radical (unpaired) electrons. The van der Waals surface area contributed by atoms with E-state index in [0.717, 1.165) is 5.56 Å². The largest absolute Gasteiger partial charge is 0.441 e. The number of benzene rings is 2. The number of anilines is 1. The third kappa shape index (κ3) is 4.29. The monoisotopic (exact) mass is 365 g/mol. The fourth-order valence-electron chi connectivity index (χ4n) is 2.40. The average molecular weight is 366 g/mol. The van der Waals surface area contributed by atoms with Crippen molar-refractivity contribution >= 4 is 23.2 Å². The minimum atomic E-state index is -0.180. The molecule has 0 atom stereocenters. The van der Waals surface area contributed by atoms with Gasteiger partial charge in [-0.3, -0.25) is 4.79 Å². The van der Waals surface area contributed by atoms with Crippen LogP contribution in [0.4, 0.5) is 5.69 Å². The number of amides is 1. The molecule has 130 valence electrons. The molecule has 1 amide bonds. The Balaban J connectivity index is 1.57. The Labute approximate surface area is 156 Å². The van der Waals surface area contributed by atoms with Gasteiger partial charge in [0.25, 0.3) is 0 Å². The van der Waals surface area contributed by atoms with Crippen LogP contribution < -0.4 is 5.32 Å².